The zero-order valence-electron chi connectivity index (χ0n) is 10.2. The van der Waals surface area contributed by atoms with Crippen LogP contribution in [0.1, 0.15) is 12.5 Å². The lowest BCUT2D eigenvalue weighted by molar-refractivity contribution is 0.236. The molecule has 0 bridgehead atoms. The molecule has 1 heterocycles. The fourth-order valence-electron chi connectivity index (χ4n) is 1.79. The quantitative estimate of drug-likeness (QED) is 0.633. The van der Waals surface area contributed by atoms with Gasteiger partial charge in [-0.05, 0) is 24.6 Å². The topological polar surface area (TPSA) is 65.2 Å². The smallest absolute Gasteiger partial charge is 0.315 e. The minimum absolute atomic E-state index is 0.0678. The Bertz CT molecular complexity index is 409. The van der Waals surface area contributed by atoms with Crippen LogP contribution in [0.15, 0.2) is 24.3 Å². The second kappa shape index (κ2) is 5.79. The van der Waals surface area contributed by atoms with E-state index >= 15 is 0 Å². The van der Waals surface area contributed by atoms with Crippen molar-refractivity contribution in [2.24, 2.45) is 0 Å². The number of carbonyl (C=O) groups excluding carboxylic acids is 1. The van der Waals surface area contributed by atoms with E-state index in [0.29, 0.717) is 13.1 Å². The van der Waals surface area contributed by atoms with Crippen molar-refractivity contribution in [3.05, 3.63) is 35.6 Å². The molecular formula is C12H17FN4O. The monoisotopic (exact) mass is 252 g/mol. The Kier molecular flexibility index (Phi) is 4.11. The summed E-state index contributed by atoms with van der Waals surface area (Å²) < 4.78 is 12.7. The highest BCUT2D eigenvalue weighted by Crippen LogP contribution is 2.02. The van der Waals surface area contributed by atoms with E-state index in [-0.39, 0.29) is 23.9 Å². The average molecular weight is 252 g/mol. The fourth-order valence-corrected chi connectivity index (χ4v) is 1.79. The molecule has 0 saturated carbocycles. The highest BCUT2D eigenvalue weighted by Gasteiger charge is 2.23. The number of carbonyl (C=O) groups is 1. The molecule has 2 amide bonds. The number of rotatable bonds is 3. The van der Waals surface area contributed by atoms with Crippen molar-refractivity contribution in [3.63, 3.8) is 0 Å². The van der Waals surface area contributed by atoms with Crippen LogP contribution in [0.5, 0.6) is 0 Å². The summed E-state index contributed by atoms with van der Waals surface area (Å²) in [7, 11) is 0. The third-order valence-electron chi connectivity index (χ3n) is 2.94. The second-order valence-corrected chi connectivity index (χ2v) is 4.37. The first kappa shape index (κ1) is 12.8. The Hall–Kier alpha value is -1.66. The molecule has 18 heavy (non-hydrogen) atoms. The number of nitrogens with one attached hydrogen (secondary N) is 4. The van der Waals surface area contributed by atoms with Gasteiger partial charge in [-0.25, -0.2) is 9.18 Å². The van der Waals surface area contributed by atoms with Gasteiger partial charge in [-0.1, -0.05) is 12.1 Å². The molecule has 2 atom stereocenters. The van der Waals surface area contributed by atoms with E-state index in [1.807, 2.05) is 6.92 Å². The van der Waals surface area contributed by atoms with Crippen LogP contribution in [0.25, 0.3) is 0 Å². The molecule has 1 aromatic carbocycles. The van der Waals surface area contributed by atoms with Gasteiger partial charge in [0.1, 0.15) is 5.82 Å². The zero-order valence-corrected chi connectivity index (χ0v) is 10.2. The summed E-state index contributed by atoms with van der Waals surface area (Å²) in [5.74, 6) is -0.278. The third-order valence-corrected chi connectivity index (χ3v) is 2.94. The van der Waals surface area contributed by atoms with E-state index in [9.17, 15) is 9.18 Å². The lowest BCUT2D eigenvalue weighted by Gasteiger charge is -2.16. The van der Waals surface area contributed by atoms with Gasteiger partial charge < -0.3 is 10.6 Å². The first-order valence-electron chi connectivity index (χ1n) is 5.92. The normalized spacial score (nSPS) is 22.8. The minimum atomic E-state index is -0.278. The minimum Gasteiger partial charge on any atom is -0.334 e. The van der Waals surface area contributed by atoms with E-state index in [0.717, 1.165) is 5.56 Å². The van der Waals surface area contributed by atoms with Crippen molar-refractivity contribution >= 4 is 6.03 Å². The van der Waals surface area contributed by atoms with Crippen LogP contribution in [-0.2, 0) is 6.54 Å². The van der Waals surface area contributed by atoms with Crippen LogP contribution in [-0.4, -0.2) is 24.7 Å². The van der Waals surface area contributed by atoms with E-state index in [1.165, 1.54) is 12.1 Å². The summed E-state index contributed by atoms with van der Waals surface area (Å²) in [5, 5.41) is 5.60. The molecule has 1 aliphatic heterocycles. The van der Waals surface area contributed by atoms with Crippen molar-refractivity contribution in [2.45, 2.75) is 25.6 Å². The molecule has 1 aromatic rings. The molecule has 0 radical (unpaired) electrons. The lowest BCUT2D eigenvalue weighted by atomic mass is 10.2. The van der Waals surface area contributed by atoms with Crippen LogP contribution in [0.2, 0.25) is 0 Å². The van der Waals surface area contributed by atoms with Gasteiger partial charge in [0, 0.05) is 19.1 Å². The number of hydrogen-bond acceptors (Lipinski definition) is 3. The fraction of sp³-hybridized carbons (Fsp3) is 0.417. The van der Waals surface area contributed by atoms with Crippen molar-refractivity contribution < 1.29 is 9.18 Å². The van der Waals surface area contributed by atoms with Gasteiger partial charge in [-0.15, -0.1) is 0 Å². The molecule has 4 N–H and O–H groups in total. The van der Waals surface area contributed by atoms with Crippen molar-refractivity contribution in [1.29, 1.82) is 0 Å². The summed E-state index contributed by atoms with van der Waals surface area (Å²) >= 11 is 0. The van der Waals surface area contributed by atoms with E-state index in [2.05, 4.69) is 21.5 Å². The zero-order chi connectivity index (χ0) is 13.0. The van der Waals surface area contributed by atoms with Crippen LogP contribution >= 0.6 is 0 Å². The molecule has 5 nitrogen and oxygen atoms in total. The summed E-state index contributed by atoms with van der Waals surface area (Å²) in [5.41, 5.74) is 6.86. The van der Waals surface area contributed by atoms with E-state index in [4.69, 9.17) is 0 Å². The lowest BCUT2D eigenvalue weighted by Crippen LogP contribution is -2.47. The third kappa shape index (κ3) is 3.41. The first-order valence-corrected chi connectivity index (χ1v) is 5.92. The number of urea groups is 1. The number of hydrazine groups is 1. The van der Waals surface area contributed by atoms with Crippen LogP contribution in [0.4, 0.5) is 9.18 Å². The van der Waals surface area contributed by atoms with E-state index in [1.54, 1.807) is 12.1 Å². The molecule has 98 valence electrons. The maximum Gasteiger partial charge on any atom is 0.315 e. The van der Waals surface area contributed by atoms with Gasteiger partial charge in [0.25, 0.3) is 0 Å². The Morgan fingerprint density at radius 1 is 1.44 bits per heavy atom. The van der Waals surface area contributed by atoms with Gasteiger partial charge in [0.2, 0.25) is 0 Å². The molecule has 2 rings (SSSR count). The van der Waals surface area contributed by atoms with Crippen LogP contribution < -0.4 is 21.5 Å². The molecule has 1 aliphatic rings. The summed E-state index contributed by atoms with van der Waals surface area (Å²) in [6, 6.07) is 6.10. The molecule has 0 aromatic heterocycles. The molecule has 2 unspecified atom stereocenters. The molecule has 1 saturated heterocycles. The Balaban J connectivity index is 1.76. The number of hydrogen-bond donors (Lipinski definition) is 4. The predicted molar refractivity (Wildman–Crippen MR) is 66.2 cm³/mol. The molecular weight excluding hydrogens is 235 g/mol. The van der Waals surface area contributed by atoms with Gasteiger partial charge in [-0.3, -0.25) is 10.9 Å². The van der Waals surface area contributed by atoms with Crippen molar-refractivity contribution in [2.75, 3.05) is 6.54 Å². The predicted octanol–water partition coefficient (Wildman–Crippen LogP) is 0.490. The Labute approximate surface area is 105 Å². The molecule has 6 heteroatoms. The van der Waals surface area contributed by atoms with Gasteiger partial charge in [0.15, 0.2) is 0 Å². The van der Waals surface area contributed by atoms with Crippen molar-refractivity contribution in [3.8, 4) is 0 Å². The molecule has 1 fully saturated rings. The maximum absolute atomic E-state index is 12.7. The Morgan fingerprint density at radius 2 is 2.17 bits per heavy atom. The average Bonchev–Trinajstić information content (AvgIpc) is 2.74. The van der Waals surface area contributed by atoms with Gasteiger partial charge >= 0.3 is 6.03 Å². The highest BCUT2D eigenvalue weighted by atomic mass is 19.1. The van der Waals surface area contributed by atoms with Crippen LogP contribution in [0.3, 0.4) is 0 Å². The number of amides is 2. The van der Waals surface area contributed by atoms with Crippen LogP contribution in [0, 0.1) is 5.82 Å². The van der Waals surface area contributed by atoms with E-state index < -0.39 is 0 Å². The van der Waals surface area contributed by atoms with Gasteiger partial charge in [0.05, 0.1) is 6.04 Å². The number of benzene rings is 1. The molecule has 0 spiro atoms. The second-order valence-electron chi connectivity index (χ2n) is 4.37. The number of halogens is 1. The highest BCUT2D eigenvalue weighted by molar-refractivity contribution is 5.74. The standard InChI is InChI=1S/C12H17FN4O/c1-8-11(7-15-17-8)16-12(18)14-6-9-2-4-10(13)5-3-9/h2-5,8,11,15,17H,6-7H2,1H3,(H2,14,16,18). The first-order chi connectivity index (χ1) is 8.65. The molecule has 0 aliphatic carbocycles. The maximum atomic E-state index is 12.7. The Morgan fingerprint density at radius 3 is 2.78 bits per heavy atom. The summed E-state index contributed by atoms with van der Waals surface area (Å²) in [6.07, 6.45) is 0. The summed E-state index contributed by atoms with van der Waals surface area (Å²) in [4.78, 5) is 11.6. The summed E-state index contributed by atoms with van der Waals surface area (Å²) in [6.45, 7) is 3.07. The SMILES string of the molecule is CC1NNCC1NC(=O)NCc1ccc(F)cc1. The van der Waals surface area contributed by atoms with Crippen molar-refractivity contribution in [1.82, 2.24) is 21.5 Å². The van der Waals surface area contributed by atoms with Gasteiger partial charge in [-0.2, -0.15) is 0 Å². The largest absolute Gasteiger partial charge is 0.334 e.